The molecule has 0 unspecified atom stereocenters. The molecule has 20 heavy (non-hydrogen) atoms. The van der Waals surface area contributed by atoms with Crippen molar-refractivity contribution in [2.75, 3.05) is 6.54 Å². The number of rotatable bonds is 5. The van der Waals surface area contributed by atoms with Crippen LogP contribution >= 0.6 is 0 Å². The van der Waals surface area contributed by atoms with E-state index >= 15 is 0 Å². The number of ether oxygens (including phenoxy) is 1. The zero-order valence-corrected chi connectivity index (χ0v) is 10.9. The second-order valence-electron chi connectivity index (χ2n) is 4.98. The van der Waals surface area contributed by atoms with Gasteiger partial charge in [0.1, 0.15) is 18.4 Å². The number of hydrogen-bond acceptors (Lipinski definition) is 6. The molecule has 5 atom stereocenters. The van der Waals surface area contributed by atoms with Crippen LogP contribution in [0.4, 0.5) is 0 Å². The molecule has 0 spiro atoms. The van der Waals surface area contributed by atoms with Crippen LogP contribution in [0, 0.1) is 0 Å². The largest absolute Gasteiger partial charge is 0.480 e. The summed E-state index contributed by atoms with van der Waals surface area (Å²) in [4.78, 5) is 35.2. The van der Waals surface area contributed by atoms with E-state index in [2.05, 4.69) is 5.32 Å². The van der Waals surface area contributed by atoms with Gasteiger partial charge < -0.3 is 30.9 Å². The quantitative estimate of drug-likeness (QED) is 0.401. The van der Waals surface area contributed by atoms with Crippen LogP contribution in [-0.2, 0) is 19.1 Å². The van der Waals surface area contributed by atoms with Crippen molar-refractivity contribution < 1.29 is 29.3 Å². The molecule has 2 aliphatic heterocycles. The van der Waals surface area contributed by atoms with E-state index in [4.69, 9.17) is 15.6 Å². The van der Waals surface area contributed by atoms with Gasteiger partial charge in [0.15, 0.2) is 6.04 Å². The second kappa shape index (κ2) is 5.35. The summed E-state index contributed by atoms with van der Waals surface area (Å²) < 4.78 is 5.37. The Kier molecular flexibility index (Phi) is 3.93. The number of carbonyl (C=O) groups is 3. The predicted octanol–water partition coefficient (Wildman–Crippen LogP) is -2.78. The van der Waals surface area contributed by atoms with Gasteiger partial charge in [0.2, 0.25) is 11.8 Å². The number of β-lactam (4-membered cyclic amide) rings is 1. The molecule has 2 rings (SSSR count). The molecule has 2 heterocycles. The maximum atomic E-state index is 11.5. The minimum atomic E-state index is -1.53. The fraction of sp³-hybridized carbons (Fsp3) is 0.727. The standard InChI is InChI=1S/C11H17N3O6/c1-4(12)10(17)13-8(11(18)19)9(16)5-3-14-6(15)2-7(14)20-5/h4-5,7-9,16H,2-3,12H2,1H3,(H,13,17)(H,18,19)/t4-,5-,7-,8-,9+/m0/s1. The van der Waals surface area contributed by atoms with Crippen molar-refractivity contribution in [1.29, 1.82) is 0 Å². The minimum Gasteiger partial charge on any atom is -0.480 e. The normalized spacial score (nSPS) is 29.1. The first-order valence-electron chi connectivity index (χ1n) is 6.23. The lowest BCUT2D eigenvalue weighted by molar-refractivity contribution is -0.161. The first kappa shape index (κ1) is 14.7. The summed E-state index contributed by atoms with van der Waals surface area (Å²) in [6.45, 7) is 1.51. The van der Waals surface area contributed by atoms with Gasteiger partial charge in [-0.15, -0.1) is 0 Å². The number of amides is 2. The van der Waals surface area contributed by atoms with Crippen molar-refractivity contribution >= 4 is 17.8 Å². The Morgan fingerprint density at radius 1 is 1.55 bits per heavy atom. The summed E-state index contributed by atoms with van der Waals surface area (Å²) in [6.07, 6.45) is -2.48. The van der Waals surface area contributed by atoms with Gasteiger partial charge >= 0.3 is 5.97 Å². The topological polar surface area (TPSA) is 142 Å². The Hall–Kier alpha value is -1.71. The Bertz CT molecular complexity index is 440. The number of nitrogens with two attached hydrogens (primary N) is 1. The summed E-state index contributed by atoms with van der Waals surface area (Å²) in [7, 11) is 0. The van der Waals surface area contributed by atoms with Crippen molar-refractivity contribution in [2.45, 2.75) is 43.9 Å². The van der Waals surface area contributed by atoms with Crippen LogP contribution in [0.15, 0.2) is 0 Å². The molecule has 2 amide bonds. The van der Waals surface area contributed by atoms with Gasteiger partial charge in [0.25, 0.3) is 0 Å². The number of carboxylic acids is 1. The molecule has 9 heteroatoms. The lowest BCUT2D eigenvalue weighted by atomic mass is 10.0. The highest BCUT2D eigenvalue weighted by molar-refractivity contribution is 5.87. The Balaban J connectivity index is 2.00. The van der Waals surface area contributed by atoms with E-state index in [1.165, 1.54) is 11.8 Å². The molecule has 2 aliphatic rings. The number of nitrogens with zero attached hydrogens (tertiary/aromatic N) is 1. The number of aliphatic hydroxyl groups is 1. The van der Waals surface area contributed by atoms with Crippen molar-refractivity contribution in [3.05, 3.63) is 0 Å². The zero-order valence-electron chi connectivity index (χ0n) is 10.9. The highest BCUT2D eigenvalue weighted by Gasteiger charge is 2.49. The highest BCUT2D eigenvalue weighted by atomic mass is 16.5. The molecule has 0 aromatic heterocycles. The Morgan fingerprint density at radius 3 is 2.65 bits per heavy atom. The third kappa shape index (κ3) is 2.60. The van der Waals surface area contributed by atoms with E-state index in [1.807, 2.05) is 0 Å². The summed E-state index contributed by atoms with van der Waals surface area (Å²) >= 11 is 0. The summed E-state index contributed by atoms with van der Waals surface area (Å²) in [5.74, 6) is -2.18. The SMILES string of the molecule is C[C@H](N)C(=O)N[C@H](C(=O)O)[C@H](O)[C@@H]1CN2C(=O)C[C@@H]2O1. The molecule has 0 radical (unpaired) electrons. The summed E-state index contributed by atoms with van der Waals surface area (Å²) in [5.41, 5.74) is 5.34. The van der Waals surface area contributed by atoms with Crippen LogP contribution in [0.2, 0.25) is 0 Å². The van der Waals surface area contributed by atoms with Crippen LogP contribution in [0.5, 0.6) is 0 Å². The van der Waals surface area contributed by atoms with Crippen molar-refractivity contribution in [3.63, 3.8) is 0 Å². The van der Waals surface area contributed by atoms with Crippen LogP contribution in [0.1, 0.15) is 13.3 Å². The van der Waals surface area contributed by atoms with Crippen LogP contribution in [-0.4, -0.2) is 70.0 Å². The van der Waals surface area contributed by atoms with Crippen LogP contribution < -0.4 is 11.1 Å². The third-order valence-corrected chi connectivity index (χ3v) is 3.43. The van der Waals surface area contributed by atoms with Crippen molar-refractivity contribution in [3.8, 4) is 0 Å². The molecule has 112 valence electrons. The van der Waals surface area contributed by atoms with Crippen LogP contribution in [0.3, 0.4) is 0 Å². The minimum absolute atomic E-state index is 0.101. The summed E-state index contributed by atoms with van der Waals surface area (Å²) in [6, 6.07) is -2.43. The molecule has 9 nitrogen and oxygen atoms in total. The van der Waals surface area contributed by atoms with E-state index < -0.39 is 42.4 Å². The van der Waals surface area contributed by atoms with Gasteiger partial charge in [-0.1, -0.05) is 0 Å². The molecule has 0 aliphatic carbocycles. The number of nitrogens with one attached hydrogen (secondary N) is 1. The molecule has 0 bridgehead atoms. The number of aliphatic hydroxyl groups excluding tert-OH is 1. The first-order valence-corrected chi connectivity index (χ1v) is 6.23. The average Bonchev–Trinajstić information content (AvgIpc) is 2.71. The number of carboxylic acid groups (broad SMARTS) is 1. The lowest BCUT2D eigenvalue weighted by Gasteiger charge is -2.31. The summed E-state index contributed by atoms with van der Waals surface area (Å²) in [5, 5.41) is 21.3. The number of carbonyl (C=O) groups excluding carboxylic acids is 2. The maximum Gasteiger partial charge on any atom is 0.329 e. The maximum absolute atomic E-state index is 11.5. The number of aliphatic carboxylic acids is 1. The molecule has 2 saturated heterocycles. The van der Waals surface area contributed by atoms with E-state index in [-0.39, 0.29) is 18.9 Å². The number of fused-ring (bicyclic) bond motifs is 1. The predicted molar refractivity (Wildman–Crippen MR) is 64.2 cm³/mol. The Labute approximate surface area is 114 Å². The molecule has 2 fully saturated rings. The smallest absolute Gasteiger partial charge is 0.329 e. The fourth-order valence-corrected chi connectivity index (χ4v) is 2.19. The molecule has 0 saturated carbocycles. The van der Waals surface area contributed by atoms with Gasteiger partial charge in [-0.25, -0.2) is 4.79 Å². The van der Waals surface area contributed by atoms with Crippen LogP contribution in [0.25, 0.3) is 0 Å². The molecule has 0 aromatic rings. The second-order valence-corrected chi connectivity index (χ2v) is 4.98. The van der Waals surface area contributed by atoms with Gasteiger partial charge in [-0.2, -0.15) is 0 Å². The van der Waals surface area contributed by atoms with Gasteiger partial charge in [-0.3, -0.25) is 9.59 Å². The van der Waals surface area contributed by atoms with E-state index in [9.17, 15) is 19.5 Å². The average molecular weight is 287 g/mol. The zero-order chi connectivity index (χ0) is 15.0. The van der Waals surface area contributed by atoms with Gasteiger partial charge in [0.05, 0.1) is 19.0 Å². The van der Waals surface area contributed by atoms with Crippen molar-refractivity contribution in [1.82, 2.24) is 10.2 Å². The third-order valence-electron chi connectivity index (χ3n) is 3.43. The van der Waals surface area contributed by atoms with E-state index in [0.29, 0.717) is 0 Å². The number of hydrogen-bond donors (Lipinski definition) is 4. The van der Waals surface area contributed by atoms with E-state index in [0.717, 1.165) is 0 Å². The molecule has 0 aromatic carbocycles. The first-order chi connectivity index (χ1) is 9.31. The molecule has 5 N–H and O–H groups in total. The monoisotopic (exact) mass is 287 g/mol. The van der Waals surface area contributed by atoms with Gasteiger partial charge in [0, 0.05) is 0 Å². The molecular weight excluding hydrogens is 270 g/mol. The fourth-order valence-electron chi connectivity index (χ4n) is 2.19. The highest BCUT2D eigenvalue weighted by Crippen LogP contribution is 2.30. The van der Waals surface area contributed by atoms with Gasteiger partial charge in [-0.05, 0) is 6.92 Å². The Morgan fingerprint density at radius 2 is 2.20 bits per heavy atom. The van der Waals surface area contributed by atoms with E-state index in [1.54, 1.807) is 0 Å². The molecular formula is C11H17N3O6. The lowest BCUT2D eigenvalue weighted by Crippen LogP contribution is -2.56. The van der Waals surface area contributed by atoms with Crippen molar-refractivity contribution in [2.24, 2.45) is 5.73 Å².